The molecule has 0 bridgehead atoms. The van der Waals surface area contributed by atoms with Gasteiger partial charge in [-0.1, -0.05) is 0 Å². The van der Waals surface area contributed by atoms with Crippen molar-refractivity contribution in [2.75, 3.05) is 12.4 Å². The summed E-state index contributed by atoms with van der Waals surface area (Å²) in [6, 6.07) is 1.97. The lowest BCUT2D eigenvalue weighted by atomic mass is 10.4. The zero-order valence-corrected chi connectivity index (χ0v) is 9.64. The summed E-state index contributed by atoms with van der Waals surface area (Å²) in [4.78, 5) is 0. The number of hydrogen-bond acceptors (Lipinski definition) is 4. The van der Waals surface area contributed by atoms with E-state index in [0.717, 1.165) is 11.4 Å². The van der Waals surface area contributed by atoms with Gasteiger partial charge in [-0.2, -0.15) is 5.10 Å². The molecule has 0 amide bonds. The van der Waals surface area contributed by atoms with Crippen LogP contribution in [0.25, 0.3) is 0 Å². The number of aryl methyl sites for hydroxylation is 2. The van der Waals surface area contributed by atoms with E-state index in [4.69, 9.17) is 4.74 Å². The second-order valence-electron chi connectivity index (χ2n) is 3.53. The average Bonchev–Trinajstić information content (AvgIpc) is 2.81. The number of methoxy groups -OCH3 is 1. The number of nitrogens with zero attached hydrogens (tertiary/aromatic N) is 4. The summed E-state index contributed by atoms with van der Waals surface area (Å²) >= 11 is 0. The quantitative estimate of drug-likeness (QED) is 0.828. The second-order valence-corrected chi connectivity index (χ2v) is 3.53. The van der Waals surface area contributed by atoms with Crippen molar-refractivity contribution in [3.63, 3.8) is 0 Å². The topological polar surface area (TPSA) is 56.9 Å². The monoisotopic (exact) mass is 221 g/mol. The highest BCUT2D eigenvalue weighted by Gasteiger charge is 2.07. The molecule has 0 saturated heterocycles. The summed E-state index contributed by atoms with van der Waals surface area (Å²) in [6.07, 6.45) is 3.66. The van der Waals surface area contributed by atoms with Crippen molar-refractivity contribution in [3.05, 3.63) is 24.2 Å². The molecule has 0 fully saturated rings. The van der Waals surface area contributed by atoms with Crippen LogP contribution >= 0.6 is 0 Å². The lowest BCUT2D eigenvalue weighted by Gasteiger charge is -2.05. The van der Waals surface area contributed by atoms with Crippen molar-refractivity contribution >= 4 is 5.69 Å². The fourth-order valence-corrected chi connectivity index (χ4v) is 1.50. The Bertz CT molecular complexity index is 473. The van der Waals surface area contributed by atoms with Gasteiger partial charge in [0.2, 0.25) is 0 Å². The van der Waals surface area contributed by atoms with Gasteiger partial charge in [0, 0.05) is 20.3 Å². The highest BCUT2D eigenvalue weighted by atomic mass is 16.5. The van der Waals surface area contributed by atoms with Crippen LogP contribution in [-0.2, 0) is 20.6 Å². The Labute approximate surface area is 93.8 Å². The van der Waals surface area contributed by atoms with Gasteiger partial charge < -0.3 is 10.1 Å². The molecular formula is C10H15N5O. The summed E-state index contributed by atoms with van der Waals surface area (Å²) in [5, 5.41) is 11.5. The lowest BCUT2D eigenvalue weighted by Crippen LogP contribution is -2.05. The van der Waals surface area contributed by atoms with Crippen LogP contribution in [0.4, 0.5) is 5.69 Å². The number of anilines is 1. The third kappa shape index (κ3) is 2.00. The van der Waals surface area contributed by atoms with Crippen LogP contribution in [-0.4, -0.2) is 26.7 Å². The highest BCUT2D eigenvalue weighted by Crippen LogP contribution is 2.21. The average molecular weight is 221 g/mol. The Kier molecular flexibility index (Phi) is 2.80. The number of rotatable bonds is 4. The molecule has 6 nitrogen and oxygen atoms in total. The zero-order valence-electron chi connectivity index (χ0n) is 9.64. The first-order chi connectivity index (χ1) is 7.70. The van der Waals surface area contributed by atoms with Crippen LogP contribution < -0.4 is 10.1 Å². The van der Waals surface area contributed by atoms with Gasteiger partial charge in [-0.05, 0) is 6.07 Å². The molecule has 0 aliphatic heterocycles. The molecule has 2 aromatic heterocycles. The minimum absolute atomic E-state index is 0.602. The molecule has 6 heteroatoms. The van der Waals surface area contributed by atoms with Gasteiger partial charge in [-0.3, -0.25) is 9.36 Å². The van der Waals surface area contributed by atoms with Crippen molar-refractivity contribution in [1.29, 1.82) is 0 Å². The van der Waals surface area contributed by atoms with Gasteiger partial charge in [-0.25, -0.2) is 0 Å². The van der Waals surface area contributed by atoms with Crippen LogP contribution in [0, 0.1) is 0 Å². The fourth-order valence-electron chi connectivity index (χ4n) is 1.50. The van der Waals surface area contributed by atoms with E-state index in [-0.39, 0.29) is 0 Å². The lowest BCUT2D eigenvalue weighted by molar-refractivity contribution is 0.393. The third-order valence-electron chi connectivity index (χ3n) is 2.37. The molecule has 1 N–H and O–H groups in total. The molecule has 16 heavy (non-hydrogen) atoms. The van der Waals surface area contributed by atoms with Crippen molar-refractivity contribution in [1.82, 2.24) is 19.6 Å². The summed E-state index contributed by atoms with van der Waals surface area (Å²) in [6.45, 7) is 0.693. The predicted molar refractivity (Wildman–Crippen MR) is 60.3 cm³/mol. The maximum absolute atomic E-state index is 5.15. The van der Waals surface area contributed by atoms with E-state index < -0.39 is 0 Å². The molecular weight excluding hydrogens is 206 g/mol. The van der Waals surface area contributed by atoms with Gasteiger partial charge in [0.25, 0.3) is 5.88 Å². The fraction of sp³-hybridized carbons (Fsp3) is 0.400. The molecule has 0 saturated carbocycles. The SMILES string of the molecule is COc1nn(C)cc1NCc1ccnn1C. The predicted octanol–water partition coefficient (Wildman–Crippen LogP) is 0.774. The largest absolute Gasteiger partial charge is 0.478 e. The van der Waals surface area contributed by atoms with E-state index in [1.165, 1.54) is 0 Å². The zero-order chi connectivity index (χ0) is 11.5. The van der Waals surface area contributed by atoms with Crippen molar-refractivity contribution < 1.29 is 4.74 Å². The second kappa shape index (κ2) is 4.26. The minimum atomic E-state index is 0.602. The minimum Gasteiger partial charge on any atom is -0.478 e. The van der Waals surface area contributed by atoms with E-state index in [9.17, 15) is 0 Å². The molecule has 0 radical (unpaired) electrons. The van der Waals surface area contributed by atoms with Gasteiger partial charge >= 0.3 is 0 Å². The van der Waals surface area contributed by atoms with Crippen LogP contribution in [0.5, 0.6) is 5.88 Å². The van der Waals surface area contributed by atoms with Crippen molar-refractivity contribution in [2.45, 2.75) is 6.54 Å². The maximum atomic E-state index is 5.15. The van der Waals surface area contributed by atoms with E-state index >= 15 is 0 Å². The molecule has 0 aliphatic rings. The molecule has 2 heterocycles. The van der Waals surface area contributed by atoms with Crippen LogP contribution in [0.15, 0.2) is 18.5 Å². The van der Waals surface area contributed by atoms with Crippen LogP contribution in [0.2, 0.25) is 0 Å². The molecule has 2 aromatic rings. The molecule has 0 aliphatic carbocycles. The van der Waals surface area contributed by atoms with Crippen LogP contribution in [0.3, 0.4) is 0 Å². The summed E-state index contributed by atoms with van der Waals surface area (Å²) < 4.78 is 8.69. The molecule has 0 aromatic carbocycles. The third-order valence-corrected chi connectivity index (χ3v) is 2.37. The molecule has 86 valence electrons. The Balaban J connectivity index is 2.07. The van der Waals surface area contributed by atoms with Gasteiger partial charge in [0.05, 0.1) is 25.5 Å². The molecule has 2 rings (SSSR count). The van der Waals surface area contributed by atoms with E-state index in [2.05, 4.69) is 15.5 Å². The maximum Gasteiger partial charge on any atom is 0.256 e. The van der Waals surface area contributed by atoms with E-state index in [1.807, 2.05) is 31.0 Å². The van der Waals surface area contributed by atoms with Crippen molar-refractivity contribution in [3.8, 4) is 5.88 Å². The number of hydrogen-bond donors (Lipinski definition) is 1. The van der Waals surface area contributed by atoms with Gasteiger partial charge in [-0.15, -0.1) is 5.10 Å². The standard InChI is InChI=1S/C10H15N5O/c1-14-7-9(10(13-14)16-3)11-6-8-4-5-12-15(8)2/h4-5,7,11H,6H2,1-3H3. The molecule has 0 unspecified atom stereocenters. The summed E-state index contributed by atoms with van der Waals surface area (Å²) in [7, 11) is 5.38. The normalized spacial score (nSPS) is 10.4. The smallest absolute Gasteiger partial charge is 0.256 e. The molecule has 0 spiro atoms. The first-order valence-corrected chi connectivity index (χ1v) is 4.99. The number of nitrogens with one attached hydrogen (secondary N) is 1. The summed E-state index contributed by atoms with van der Waals surface area (Å²) in [5.41, 5.74) is 1.98. The molecule has 0 atom stereocenters. The van der Waals surface area contributed by atoms with Gasteiger partial charge in [0.1, 0.15) is 5.69 Å². The van der Waals surface area contributed by atoms with Crippen LogP contribution in [0.1, 0.15) is 5.69 Å². The van der Waals surface area contributed by atoms with E-state index in [0.29, 0.717) is 12.4 Å². The Morgan fingerprint density at radius 1 is 1.44 bits per heavy atom. The number of aromatic nitrogens is 4. The summed E-state index contributed by atoms with van der Waals surface area (Å²) in [5.74, 6) is 0.602. The Morgan fingerprint density at radius 3 is 2.88 bits per heavy atom. The first kappa shape index (κ1) is 10.5. The van der Waals surface area contributed by atoms with Gasteiger partial charge in [0.15, 0.2) is 0 Å². The first-order valence-electron chi connectivity index (χ1n) is 4.99. The Morgan fingerprint density at radius 2 is 2.25 bits per heavy atom. The Hall–Kier alpha value is -1.98. The van der Waals surface area contributed by atoms with Crippen molar-refractivity contribution in [2.24, 2.45) is 14.1 Å². The number of ether oxygens (including phenoxy) is 1. The van der Waals surface area contributed by atoms with E-state index in [1.54, 1.807) is 18.0 Å². The highest BCUT2D eigenvalue weighted by molar-refractivity contribution is 5.51.